The van der Waals surface area contributed by atoms with Gasteiger partial charge in [0.15, 0.2) is 6.79 Å². The van der Waals surface area contributed by atoms with Gasteiger partial charge in [0, 0.05) is 5.69 Å². The van der Waals surface area contributed by atoms with Crippen molar-refractivity contribution >= 4 is 11.7 Å². The molecule has 17 heavy (non-hydrogen) atoms. The summed E-state index contributed by atoms with van der Waals surface area (Å²) >= 11 is 0. The number of hydrogen-bond acceptors (Lipinski definition) is 4. The summed E-state index contributed by atoms with van der Waals surface area (Å²) in [5, 5.41) is 0. The first-order valence-corrected chi connectivity index (χ1v) is 5.82. The maximum Gasteiger partial charge on any atom is 0.312 e. The first-order valence-electron chi connectivity index (χ1n) is 5.82. The molecule has 0 amide bonds. The normalized spacial score (nSPS) is 14.6. The second-order valence-electron chi connectivity index (χ2n) is 4.37. The largest absolute Gasteiger partial charge is 0.438 e. The van der Waals surface area contributed by atoms with Crippen LogP contribution in [0.3, 0.4) is 0 Å². The summed E-state index contributed by atoms with van der Waals surface area (Å²) in [5.74, 6) is 0.397. The number of hydrogen-bond donors (Lipinski definition) is 1. The Morgan fingerprint density at radius 1 is 1.41 bits per heavy atom. The number of ether oxygens (including phenoxy) is 2. The average molecular weight is 235 g/mol. The highest BCUT2D eigenvalue weighted by atomic mass is 16.7. The Hall–Kier alpha value is -1.55. The molecular weight excluding hydrogens is 218 g/mol. The van der Waals surface area contributed by atoms with Gasteiger partial charge >= 0.3 is 5.97 Å². The van der Waals surface area contributed by atoms with Crippen molar-refractivity contribution in [2.45, 2.75) is 19.3 Å². The number of carbonyl (C=O) groups is 1. The van der Waals surface area contributed by atoms with Gasteiger partial charge in [-0.15, -0.1) is 0 Å². The summed E-state index contributed by atoms with van der Waals surface area (Å²) in [6, 6.07) is 7.23. The Morgan fingerprint density at radius 2 is 2.24 bits per heavy atom. The highest BCUT2D eigenvalue weighted by Crippen LogP contribution is 2.28. The van der Waals surface area contributed by atoms with Gasteiger partial charge in [-0.2, -0.15) is 0 Å². The lowest BCUT2D eigenvalue weighted by molar-refractivity contribution is -0.155. The first kappa shape index (κ1) is 11.9. The predicted molar refractivity (Wildman–Crippen MR) is 64.2 cm³/mol. The van der Waals surface area contributed by atoms with Gasteiger partial charge in [-0.25, -0.2) is 0 Å². The highest BCUT2D eigenvalue weighted by Gasteiger charge is 2.21. The van der Waals surface area contributed by atoms with Gasteiger partial charge in [-0.3, -0.25) is 4.79 Å². The number of rotatable bonds is 6. The minimum absolute atomic E-state index is 0.0532. The summed E-state index contributed by atoms with van der Waals surface area (Å²) in [6.45, 7) is 0.753. The van der Waals surface area contributed by atoms with Crippen LogP contribution in [0.25, 0.3) is 0 Å². The van der Waals surface area contributed by atoms with Gasteiger partial charge in [-0.05, 0) is 36.5 Å². The zero-order valence-corrected chi connectivity index (χ0v) is 9.72. The number of nitrogen functional groups attached to an aromatic ring is 1. The summed E-state index contributed by atoms with van der Waals surface area (Å²) in [7, 11) is 0. The van der Waals surface area contributed by atoms with E-state index in [1.54, 1.807) is 12.1 Å². The maximum atomic E-state index is 11.4. The zero-order valence-electron chi connectivity index (χ0n) is 9.72. The Morgan fingerprint density at radius 3 is 2.94 bits per heavy atom. The molecule has 0 heterocycles. The third-order valence-corrected chi connectivity index (χ3v) is 2.65. The molecule has 0 unspecified atom stereocenters. The minimum atomic E-state index is -0.286. The van der Waals surface area contributed by atoms with Crippen LogP contribution < -0.4 is 5.73 Å². The van der Waals surface area contributed by atoms with Crippen LogP contribution >= 0.6 is 0 Å². The number of nitrogens with two attached hydrogens (primary N) is 1. The Labute approximate surface area is 101 Å². The standard InChI is InChI=1S/C13H17NO3/c14-12-3-1-2-11(6-12)7-13(15)17-9-16-8-10-4-5-10/h1-3,6,10H,4-5,7-9,14H2. The van der Waals surface area contributed by atoms with Crippen LogP contribution in [-0.4, -0.2) is 19.4 Å². The van der Waals surface area contributed by atoms with Crippen LogP contribution in [0.2, 0.25) is 0 Å². The molecule has 0 saturated heterocycles. The number of carbonyl (C=O) groups excluding carboxylic acids is 1. The summed E-state index contributed by atoms with van der Waals surface area (Å²) in [5.41, 5.74) is 7.13. The van der Waals surface area contributed by atoms with Crippen LogP contribution in [0.15, 0.2) is 24.3 Å². The lowest BCUT2D eigenvalue weighted by Crippen LogP contribution is -2.12. The third-order valence-electron chi connectivity index (χ3n) is 2.65. The van der Waals surface area contributed by atoms with Crippen molar-refractivity contribution in [3.63, 3.8) is 0 Å². The van der Waals surface area contributed by atoms with E-state index in [2.05, 4.69) is 0 Å². The summed E-state index contributed by atoms with van der Waals surface area (Å²) in [6.07, 6.45) is 2.70. The van der Waals surface area contributed by atoms with E-state index in [9.17, 15) is 4.79 Å². The maximum absolute atomic E-state index is 11.4. The van der Waals surface area contributed by atoms with Crippen LogP contribution in [0.1, 0.15) is 18.4 Å². The van der Waals surface area contributed by atoms with Crippen LogP contribution in [0.4, 0.5) is 5.69 Å². The van der Waals surface area contributed by atoms with Gasteiger partial charge in [0.05, 0.1) is 13.0 Å². The smallest absolute Gasteiger partial charge is 0.312 e. The minimum Gasteiger partial charge on any atom is -0.438 e. The van der Waals surface area contributed by atoms with Crippen molar-refractivity contribution in [1.29, 1.82) is 0 Å². The molecule has 2 N–H and O–H groups in total. The molecule has 1 fully saturated rings. The quantitative estimate of drug-likeness (QED) is 0.353. The molecule has 92 valence electrons. The Balaban J connectivity index is 1.65. The van der Waals surface area contributed by atoms with Gasteiger partial charge in [-0.1, -0.05) is 12.1 Å². The monoisotopic (exact) mass is 235 g/mol. The lowest BCUT2D eigenvalue weighted by Gasteiger charge is -2.06. The average Bonchev–Trinajstić information content (AvgIpc) is 3.08. The SMILES string of the molecule is Nc1cccc(CC(=O)OCOCC2CC2)c1. The van der Waals surface area contributed by atoms with E-state index >= 15 is 0 Å². The topological polar surface area (TPSA) is 61.6 Å². The molecule has 0 atom stereocenters. The van der Waals surface area contributed by atoms with E-state index in [-0.39, 0.29) is 19.2 Å². The molecule has 1 aliphatic rings. The van der Waals surface area contributed by atoms with Crippen LogP contribution in [-0.2, 0) is 20.7 Å². The fourth-order valence-corrected chi connectivity index (χ4v) is 1.53. The molecule has 1 aromatic rings. The van der Waals surface area contributed by atoms with Crippen molar-refractivity contribution in [3.05, 3.63) is 29.8 Å². The highest BCUT2D eigenvalue weighted by molar-refractivity contribution is 5.72. The fraction of sp³-hybridized carbons (Fsp3) is 0.462. The molecule has 1 aliphatic carbocycles. The number of benzene rings is 1. The molecule has 0 aromatic heterocycles. The van der Waals surface area contributed by atoms with Crippen molar-refractivity contribution in [2.24, 2.45) is 5.92 Å². The van der Waals surface area contributed by atoms with Gasteiger partial charge < -0.3 is 15.2 Å². The fourth-order valence-electron chi connectivity index (χ4n) is 1.53. The molecule has 4 heteroatoms. The molecule has 1 saturated carbocycles. The summed E-state index contributed by atoms with van der Waals surface area (Å²) in [4.78, 5) is 11.4. The Bertz CT molecular complexity index is 388. The molecule has 0 bridgehead atoms. The van der Waals surface area contributed by atoms with Crippen molar-refractivity contribution in [2.75, 3.05) is 19.1 Å². The van der Waals surface area contributed by atoms with E-state index in [1.807, 2.05) is 12.1 Å². The van der Waals surface area contributed by atoms with E-state index in [0.717, 1.165) is 5.56 Å². The van der Waals surface area contributed by atoms with E-state index in [0.29, 0.717) is 18.2 Å². The second kappa shape index (κ2) is 5.68. The zero-order chi connectivity index (χ0) is 12.1. The molecule has 0 aliphatic heterocycles. The second-order valence-corrected chi connectivity index (χ2v) is 4.37. The number of esters is 1. The van der Waals surface area contributed by atoms with Crippen molar-refractivity contribution in [3.8, 4) is 0 Å². The lowest BCUT2D eigenvalue weighted by atomic mass is 10.1. The molecule has 1 aromatic carbocycles. The van der Waals surface area contributed by atoms with E-state index in [4.69, 9.17) is 15.2 Å². The van der Waals surface area contributed by atoms with Gasteiger partial charge in [0.2, 0.25) is 0 Å². The Kier molecular flexibility index (Phi) is 3.98. The van der Waals surface area contributed by atoms with Crippen molar-refractivity contribution < 1.29 is 14.3 Å². The summed E-state index contributed by atoms with van der Waals surface area (Å²) < 4.78 is 10.2. The number of anilines is 1. The van der Waals surface area contributed by atoms with Crippen LogP contribution in [0, 0.1) is 5.92 Å². The van der Waals surface area contributed by atoms with Crippen LogP contribution in [0.5, 0.6) is 0 Å². The first-order chi connectivity index (χ1) is 8.24. The molecule has 4 nitrogen and oxygen atoms in total. The molecule has 0 spiro atoms. The molecule has 2 rings (SSSR count). The van der Waals surface area contributed by atoms with Gasteiger partial charge in [0.1, 0.15) is 0 Å². The third kappa shape index (κ3) is 4.44. The van der Waals surface area contributed by atoms with Gasteiger partial charge in [0.25, 0.3) is 0 Å². The molecular formula is C13H17NO3. The molecule has 0 radical (unpaired) electrons. The predicted octanol–water partition coefficient (Wildman–Crippen LogP) is 1.74. The van der Waals surface area contributed by atoms with Crippen molar-refractivity contribution in [1.82, 2.24) is 0 Å². The van der Waals surface area contributed by atoms with E-state index < -0.39 is 0 Å². The van der Waals surface area contributed by atoms with E-state index in [1.165, 1.54) is 12.8 Å².